The number of rotatable bonds is 3. The summed E-state index contributed by atoms with van der Waals surface area (Å²) in [6.07, 6.45) is -0.571. The zero-order chi connectivity index (χ0) is 14.0. The lowest BCUT2D eigenvalue weighted by Gasteiger charge is -2.16. The summed E-state index contributed by atoms with van der Waals surface area (Å²) in [6.45, 7) is 6.36. The van der Waals surface area contributed by atoms with Gasteiger partial charge >= 0.3 is 0 Å². The second-order valence-electron chi connectivity index (χ2n) is 5.18. The first-order valence-electron chi connectivity index (χ1n) is 6.53. The molecule has 1 nitrogen and oxygen atoms in total. The first-order valence-corrected chi connectivity index (χ1v) is 7.33. The van der Waals surface area contributed by atoms with Crippen molar-refractivity contribution >= 4 is 15.9 Å². The zero-order valence-corrected chi connectivity index (χ0v) is 13.1. The zero-order valence-electron chi connectivity index (χ0n) is 11.5. The van der Waals surface area contributed by atoms with Gasteiger partial charge in [-0.15, -0.1) is 0 Å². The summed E-state index contributed by atoms with van der Waals surface area (Å²) >= 11 is 3.51. The first kappa shape index (κ1) is 14.3. The second kappa shape index (κ2) is 5.89. The molecule has 2 heteroatoms. The minimum Gasteiger partial charge on any atom is -0.384 e. The van der Waals surface area contributed by atoms with E-state index in [9.17, 15) is 5.11 Å². The molecule has 19 heavy (non-hydrogen) atoms. The van der Waals surface area contributed by atoms with E-state index in [-0.39, 0.29) is 0 Å². The van der Waals surface area contributed by atoms with Gasteiger partial charge in [0.1, 0.15) is 6.10 Å². The van der Waals surface area contributed by atoms with Gasteiger partial charge in [-0.3, -0.25) is 0 Å². The molecular formula is C17H19BrO. The lowest BCUT2D eigenvalue weighted by Crippen LogP contribution is -2.02. The van der Waals surface area contributed by atoms with E-state index < -0.39 is 6.10 Å². The summed E-state index contributed by atoms with van der Waals surface area (Å²) in [5.41, 5.74) is 4.27. The molecule has 0 aliphatic heterocycles. The minimum atomic E-state index is -0.571. The molecule has 2 rings (SSSR count). The van der Waals surface area contributed by atoms with Crippen LogP contribution in [0.4, 0.5) is 0 Å². The highest BCUT2D eigenvalue weighted by Crippen LogP contribution is 2.29. The molecule has 0 saturated heterocycles. The Morgan fingerprint density at radius 3 is 2.11 bits per heavy atom. The number of aliphatic hydroxyl groups is 1. The monoisotopic (exact) mass is 318 g/mol. The smallest absolute Gasteiger partial charge is 0.104 e. The third kappa shape index (κ3) is 3.07. The predicted octanol–water partition coefficient (Wildman–Crippen LogP) is 4.96. The predicted molar refractivity (Wildman–Crippen MR) is 83.5 cm³/mol. The van der Waals surface area contributed by atoms with Crippen molar-refractivity contribution in [3.8, 4) is 0 Å². The van der Waals surface area contributed by atoms with Crippen molar-refractivity contribution in [1.29, 1.82) is 0 Å². The Hall–Kier alpha value is -1.12. The molecule has 1 unspecified atom stereocenters. The fourth-order valence-corrected chi connectivity index (χ4v) is 2.54. The SMILES string of the molecule is Cc1c(Br)cccc1C(O)c1ccc(C(C)C)cc1. The fraction of sp³-hybridized carbons (Fsp3) is 0.294. The van der Waals surface area contributed by atoms with Gasteiger partial charge in [0, 0.05) is 4.47 Å². The van der Waals surface area contributed by atoms with Crippen LogP contribution in [0.3, 0.4) is 0 Å². The number of hydrogen-bond donors (Lipinski definition) is 1. The molecule has 1 N–H and O–H groups in total. The van der Waals surface area contributed by atoms with Crippen molar-refractivity contribution in [1.82, 2.24) is 0 Å². The third-order valence-corrected chi connectivity index (χ3v) is 4.38. The van der Waals surface area contributed by atoms with Crippen molar-refractivity contribution < 1.29 is 5.11 Å². The highest BCUT2D eigenvalue weighted by atomic mass is 79.9. The highest BCUT2D eigenvalue weighted by Gasteiger charge is 2.14. The summed E-state index contributed by atoms with van der Waals surface area (Å²) in [7, 11) is 0. The number of benzene rings is 2. The molecule has 0 heterocycles. The Kier molecular flexibility index (Phi) is 4.43. The summed E-state index contributed by atoms with van der Waals surface area (Å²) in [5, 5.41) is 10.5. The summed E-state index contributed by atoms with van der Waals surface area (Å²) in [6, 6.07) is 14.1. The molecule has 0 aromatic heterocycles. The van der Waals surface area contributed by atoms with Crippen LogP contribution in [0.2, 0.25) is 0 Å². The molecule has 0 bridgehead atoms. The Balaban J connectivity index is 2.33. The Morgan fingerprint density at radius 1 is 0.947 bits per heavy atom. The largest absolute Gasteiger partial charge is 0.384 e. The average molecular weight is 319 g/mol. The van der Waals surface area contributed by atoms with Gasteiger partial charge in [-0.2, -0.15) is 0 Å². The first-order chi connectivity index (χ1) is 9.00. The quantitative estimate of drug-likeness (QED) is 0.847. The number of halogens is 1. The summed E-state index contributed by atoms with van der Waals surface area (Å²) in [4.78, 5) is 0. The maximum absolute atomic E-state index is 10.5. The van der Waals surface area contributed by atoms with Gasteiger partial charge in [0.25, 0.3) is 0 Å². The molecule has 1 atom stereocenters. The molecule has 2 aromatic rings. The van der Waals surface area contributed by atoms with Gasteiger partial charge in [-0.25, -0.2) is 0 Å². The van der Waals surface area contributed by atoms with Gasteiger partial charge in [0.05, 0.1) is 0 Å². The molecule has 2 aromatic carbocycles. The van der Waals surface area contributed by atoms with E-state index >= 15 is 0 Å². The summed E-state index contributed by atoms with van der Waals surface area (Å²) < 4.78 is 1.03. The number of hydrogen-bond acceptors (Lipinski definition) is 1. The molecule has 0 saturated carbocycles. The van der Waals surface area contributed by atoms with Crippen LogP contribution in [0, 0.1) is 6.92 Å². The molecular weight excluding hydrogens is 300 g/mol. The van der Waals surface area contributed by atoms with Gasteiger partial charge in [0.2, 0.25) is 0 Å². The maximum atomic E-state index is 10.5. The molecule has 0 spiro atoms. The van der Waals surface area contributed by atoms with Crippen molar-refractivity contribution in [3.63, 3.8) is 0 Å². The van der Waals surface area contributed by atoms with Crippen molar-refractivity contribution in [2.75, 3.05) is 0 Å². The van der Waals surface area contributed by atoms with Crippen LogP contribution < -0.4 is 0 Å². The van der Waals surface area contributed by atoms with E-state index in [2.05, 4.69) is 41.9 Å². The van der Waals surface area contributed by atoms with Crippen LogP contribution in [0.25, 0.3) is 0 Å². The lowest BCUT2D eigenvalue weighted by atomic mass is 9.95. The van der Waals surface area contributed by atoms with Crippen molar-refractivity contribution in [3.05, 3.63) is 69.2 Å². The van der Waals surface area contributed by atoms with Crippen LogP contribution >= 0.6 is 15.9 Å². The Labute approximate surface area is 123 Å². The van der Waals surface area contributed by atoms with E-state index in [1.165, 1.54) is 5.56 Å². The van der Waals surface area contributed by atoms with Crippen LogP contribution in [-0.4, -0.2) is 5.11 Å². The molecule has 0 radical (unpaired) electrons. The standard InChI is InChI=1S/C17H19BrO/c1-11(2)13-7-9-14(10-8-13)17(19)15-5-4-6-16(18)12(15)3/h4-11,17,19H,1-3H3. The Bertz CT molecular complexity index is 558. The topological polar surface area (TPSA) is 20.2 Å². The van der Waals surface area contributed by atoms with E-state index in [4.69, 9.17) is 0 Å². The molecule has 100 valence electrons. The van der Waals surface area contributed by atoms with Gasteiger partial charge < -0.3 is 5.11 Å². The van der Waals surface area contributed by atoms with Crippen molar-refractivity contribution in [2.24, 2.45) is 0 Å². The van der Waals surface area contributed by atoms with Gasteiger partial charge in [-0.05, 0) is 41.2 Å². The summed E-state index contributed by atoms with van der Waals surface area (Å²) in [5.74, 6) is 0.513. The van der Waals surface area contributed by atoms with E-state index in [1.807, 2.05) is 37.3 Å². The van der Waals surface area contributed by atoms with E-state index in [1.54, 1.807) is 0 Å². The molecule has 0 amide bonds. The van der Waals surface area contributed by atoms with Gasteiger partial charge in [0.15, 0.2) is 0 Å². The van der Waals surface area contributed by atoms with E-state index in [0.29, 0.717) is 5.92 Å². The third-order valence-electron chi connectivity index (χ3n) is 3.52. The van der Waals surface area contributed by atoms with Crippen LogP contribution in [0.15, 0.2) is 46.9 Å². The van der Waals surface area contributed by atoms with E-state index in [0.717, 1.165) is 21.2 Å². The van der Waals surface area contributed by atoms with Crippen LogP contribution in [0.5, 0.6) is 0 Å². The second-order valence-corrected chi connectivity index (χ2v) is 6.03. The molecule has 0 fully saturated rings. The highest BCUT2D eigenvalue weighted by molar-refractivity contribution is 9.10. The van der Waals surface area contributed by atoms with Crippen molar-refractivity contribution in [2.45, 2.75) is 32.8 Å². The normalized spacial score (nSPS) is 12.7. The maximum Gasteiger partial charge on any atom is 0.104 e. The Morgan fingerprint density at radius 2 is 1.53 bits per heavy atom. The minimum absolute atomic E-state index is 0.513. The fourth-order valence-electron chi connectivity index (χ4n) is 2.16. The average Bonchev–Trinajstić information content (AvgIpc) is 2.41. The molecule has 0 aliphatic carbocycles. The molecule has 0 aliphatic rings. The van der Waals surface area contributed by atoms with Gasteiger partial charge in [-0.1, -0.05) is 66.2 Å². The number of aliphatic hydroxyl groups excluding tert-OH is 1. The van der Waals surface area contributed by atoms with Crippen LogP contribution in [-0.2, 0) is 0 Å². The van der Waals surface area contributed by atoms with Crippen LogP contribution in [0.1, 0.15) is 48.1 Å². The lowest BCUT2D eigenvalue weighted by molar-refractivity contribution is 0.219.